The van der Waals surface area contributed by atoms with E-state index in [0.29, 0.717) is 17.7 Å². The zero-order valence-corrected chi connectivity index (χ0v) is 13.9. The summed E-state index contributed by atoms with van der Waals surface area (Å²) in [5, 5.41) is 3.41. The summed E-state index contributed by atoms with van der Waals surface area (Å²) in [5.41, 5.74) is 0.667. The van der Waals surface area contributed by atoms with Crippen LogP contribution in [0.1, 0.15) is 23.4 Å². The summed E-state index contributed by atoms with van der Waals surface area (Å²) in [5.74, 6) is 0.0265. The Kier molecular flexibility index (Phi) is 5.57. The van der Waals surface area contributed by atoms with Crippen LogP contribution in [0.2, 0.25) is 0 Å². The van der Waals surface area contributed by atoms with Crippen molar-refractivity contribution in [1.82, 2.24) is 5.32 Å². The van der Waals surface area contributed by atoms with Gasteiger partial charge in [0.15, 0.2) is 11.6 Å². The first-order chi connectivity index (χ1) is 9.65. The van der Waals surface area contributed by atoms with Crippen LogP contribution in [-0.4, -0.2) is 13.7 Å². The van der Waals surface area contributed by atoms with Crippen LogP contribution in [0.5, 0.6) is 5.75 Å². The standard InChI is InChI=1S/C15H17BrFNOS/c1-3-18-11(13-7-8-14(16)20-13)9-10-5-4-6-12(19-2)15(10)17/h4-8,11,18H,3,9H2,1-2H3. The molecule has 108 valence electrons. The molecule has 0 fully saturated rings. The minimum atomic E-state index is -0.270. The third kappa shape index (κ3) is 3.59. The zero-order valence-electron chi connectivity index (χ0n) is 11.5. The van der Waals surface area contributed by atoms with Crippen LogP contribution >= 0.6 is 27.3 Å². The molecule has 1 unspecified atom stereocenters. The highest BCUT2D eigenvalue weighted by atomic mass is 79.9. The predicted octanol–water partition coefficient (Wildman–Crippen LogP) is 4.55. The van der Waals surface area contributed by atoms with E-state index >= 15 is 0 Å². The highest BCUT2D eigenvalue weighted by molar-refractivity contribution is 9.11. The van der Waals surface area contributed by atoms with Crippen molar-refractivity contribution in [2.75, 3.05) is 13.7 Å². The number of methoxy groups -OCH3 is 1. The van der Waals surface area contributed by atoms with Crippen molar-refractivity contribution in [1.29, 1.82) is 0 Å². The van der Waals surface area contributed by atoms with Gasteiger partial charge in [-0.1, -0.05) is 19.1 Å². The molecule has 0 saturated carbocycles. The van der Waals surface area contributed by atoms with Crippen molar-refractivity contribution in [3.63, 3.8) is 0 Å². The topological polar surface area (TPSA) is 21.3 Å². The van der Waals surface area contributed by atoms with Gasteiger partial charge in [-0.25, -0.2) is 4.39 Å². The van der Waals surface area contributed by atoms with Crippen molar-refractivity contribution in [3.8, 4) is 5.75 Å². The molecule has 0 spiro atoms. The monoisotopic (exact) mass is 357 g/mol. The Balaban J connectivity index is 2.24. The van der Waals surface area contributed by atoms with Crippen LogP contribution in [0.4, 0.5) is 4.39 Å². The molecule has 0 aliphatic heterocycles. The average Bonchev–Trinajstić information content (AvgIpc) is 2.87. The number of benzene rings is 1. The van der Waals surface area contributed by atoms with Crippen molar-refractivity contribution >= 4 is 27.3 Å². The first-order valence-corrected chi connectivity index (χ1v) is 8.06. The van der Waals surface area contributed by atoms with Crippen LogP contribution in [0.25, 0.3) is 0 Å². The number of hydrogen-bond donors (Lipinski definition) is 1. The molecule has 2 nitrogen and oxygen atoms in total. The summed E-state index contributed by atoms with van der Waals surface area (Å²) >= 11 is 5.14. The van der Waals surface area contributed by atoms with Crippen molar-refractivity contribution < 1.29 is 9.13 Å². The van der Waals surface area contributed by atoms with Gasteiger partial charge in [0, 0.05) is 10.9 Å². The summed E-state index contributed by atoms with van der Waals surface area (Å²) in [6.07, 6.45) is 0.601. The third-order valence-electron chi connectivity index (χ3n) is 3.08. The maximum atomic E-state index is 14.2. The number of nitrogens with one attached hydrogen (secondary N) is 1. The van der Waals surface area contributed by atoms with Gasteiger partial charge in [0.2, 0.25) is 0 Å². The normalized spacial score (nSPS) is 12.4. The Morgan fingerprint density at radius 3 is 2.75 bits per heavy atom. The first-order valence-electron chi connectivity index (χ1n) is 6.45. The Morgan fingerprint density at radius 2 is 2.15 bits per heavy atom. The molecule has 0 aliphatic carbocycles. The molecule has 2 aromatic rings. The highest BCUT2D eigenvalue weighted by Crippen LogP contribution is 2.31. The summed E-state index contributed by atoms with van der Waals surface area (Å²) in [6.45, 7) is 2.89. The van der Waals surface area contributed by atoms with E-state index in [1.54, 1.807) is 17.4 Å². The van der Waals surface area contributed by atoms with Crippen LogP contribution in [0.15, 0.2) is 34.1 Å². The number of hydrogen-bond acceptors (Lipinski definition) is 3. The lowest BCUT2D eigenvalue weighted by Gasteiger charge is -2.17. The van der Waals surface area contributed by atoms with Gasteiger partial charge in [0.05, 0.1) is 10.9 Å². The van der Waals surface area contributed by atoms with Crippen LogP contribution in [0.3, 0.4) is 0 Å². The fourth-order valence-corrected chi connectivity index (χ4v) is 3.63. The van der Waals surface area contributed by atoms with Gasteiger partial charge in [-0.2, -0.15) is 0 Å². The van der Waals surface area contributed by atoms with Gasteiger partial charge >= 0.3 is 0 Å². The van der Waals surface area contributed by atoms with E-state index in [1.165, 1.54) is 12.0 Å². The van der Waals surface area contributed by atoms with Crippen molar-refractivity contribution in [3.05, 3.63) is 50.4 Å². The highest BCUT2D eigenvalue weighted by Gasteiger charge is 2.17. The number of halogens is 2. The summed E-state index contributed by atoms with van der Waals surface area (Å²) < 4.78 is 20.4. The zero-order chi connectivity index (χ0) is 14.5. The Morgan fingerprint density at radius 1 is 1.35 bits per heavy atom. The lowest BCUT2D eigenvalue weighted by molar-refractivity contribution is 0.382. The van der Waals surface area contributed by atoms with Crippen LogP contribution < -0.4 is 10.1 Å². The van der Waals surface area contributed by atoms with E-state index < -0.39 is 0 Å². The third-order valence-corrected chi connectivity index (χ3v) is 4.81. The summed E-state index contributed by atoms with van der Waals surface area (Å²) in [6, 6.07) is 9.47. The Hall–Kier alpha value is -0.910. The molecule has 5 heteroatoms. The fourth-order valence-electron chi connectivity index (χ4n) is 2.13. The largest absolute Gasteiger partial charge is 0.494 e. The van der Waals surface area contributed by atoms with Crippen molar-refractivity contribution in [2.24, 2.45) is 0 Å². The van der Waals surface area contributed by atoms with Crippen LogP contribution in [0, 0.1) is 5.82 Å². The van der Waals surface area contributed by atoms with E-state index in [1.807, 2.05) is 18.2 Å². The molecular weight excluding hydrogens is 341 g/mol. The lowest BCUT2D eigenvalue weighted by Crippen LogP contribution is -2.22. The second kappa shape index (κ2) is 7.20. The van der Waals surface area contributed by atoms with E-state index in [9.17, 15) is 4.39 Å². The molecule has 0 aliphatic rings. The quantitative estimate of drug-likeness (QED) is 0.818. The van der Waals surface area contributed by atoms with E-state index in [4.69, 9.17) is 4.74 Å². The fraction of sp³-hybridized carbons (Fsp3) is 0.333. The molecule has 1 heterocycles. The lowest BCUT2D eigenvalue weighted by atomic mass is 10.0. The second-order valence-electron chi connectivity index (χ2n) is 4.39. The summed E-state index contributed by atoms with van der Waals surface area (Å²) in [4.78, 5) is 1.20. The maximum absolute atomic E-state index is 14.2. The van der Waals surface area contributed by atoms with E-state index in [2.05, 4.69) is 34.2 Å². The Labute approximate surface area is 131 Å². The number of likely N-dealkylation sites (N-methyl/N-ethyl adjacent to an activating group) is 1. The molecule has 0 saturated heterocycles. The molecule has 2 rings (SSSR count). The maximum Gasteiger partial charge on any atom is 0.168 e. The van der Waals surface area contributed by atoms with E-state index in [-0.39, 0.29) is 11.9 Å². The second-order valence-corrected chi connectivity index (χ2v) is 6.88. The Bertz CT molecular complexity index is 573. The van der Waals surface area contributed by atoms with Crippen LogP contribution in [-0.2, 0) is 6.42 Å². The van der Waals surface area contributed by atoms with Gasteiger partial charge in [-0.15, -0.1) is 11.3 Å². The minimum Gasteiger partial charge on any atom is -0.494 e. The van der Waals surface area contributed by atoms with Gasteiger partial charge in [0.25, 0.3) is 0 Å². The van der Waals surface area contributed by atoms with Gasteiger partial charge in [-0.05, 0) is 52.7 Å². The molecule has 1 aromatic carbocycles. The molecular formula is C15H17BrFNOS. The summed E-state index contributed by atoms with van der Waals surface area (Å²) in [7, 11) is 1.49. The van der Waals surface area contributed by atoms with E-state index in [0.717, 1.165) is 10.3 Å². The molecule has 1 atom stereocenters. The SMILES string of the molecule is CCNC(Cc1cccc(OC)c1F)c1ccc(Br)s1. The molecule has 1 aromatic heterocycles. The average molecular weight is 358 g/mol. The van der Waals surface area contributed by atoms with Crippen molar-refractivity contribution in [2.45, 2.75) is 19.4 Å². The molecule has 0 amide bonds. The van der Waals surface area contributed by atoms with Gasteiger partial charge in [0.1, 0.15) is 0 Å². The number of thiophene rings is 1. The molecule has 0 bridgehead atoms. The number of ether oxygens (including phenoxy) is 1. The molecule has 0 radical (unpaired) electrons. The van der Waals surface area contributed by atoms with Gasteiger partial charge in [-0.3, -0.25) is 0 Å². The van der Waals surface area contributed by atoms with Gasteiger partial charge < -0.3 is 10.1 Å². The molecule has 20 heavy (non-hydrogen) atoms. The number of rotatable bonds is 6. The smallest absolute Gasteiger partial charge is 0.168 e. The minimum absolute atomic E-state index is 0.109. The predicted molar refractivity (Wildman–Crippen MR) is 85.1 cm³/mol. The molecule has 1 N–H and O–H groups in total. The first kappa shape index (κ1) is 15.5.